The minimum Gasteiger partial charge on any atom is -0.481 e. The minimum absolute atomic E-state index is 0.211. The fourth-order valence-corrected chi connectivity index (χ4v) is 4.68. The van der Waals surface area contributed by atoms with Gasteiger partial charge >= 0.3 is 5.97 Å². The Morgan fingerprint density at radius 1 is 1.09 bits per heavy atom. The highest BCUT2D eigenvalue weighted by Gasteiger charge is 2.25. The van der Waals surface area contributed by atoms with Crippen molar-refractivity contribution in [2.24, 2.45) is 11.8 Å². The zero-order chi connectivity index (χ0) is 23.2. The summed E-state index contributed by atoms with van der Waals surface area (Å²) in [6.07, 6.45) is 6.08. The average Bonchev–Trinajstić information content (AvgIpc) is 3.16. The van der Waals surface area contributed by atoms with Gasteiger partial charge in [-0.25, -0.2) is 9.78 Å². The number of carboxylic acids is 1. The van der Waals surface area contributed by atoms with E-state index in [0.29, 0.717) is 24.3 Å². The number of nitrogens with zero attached hydrogens (tertiary/aromatic N) is 3. The van der Waals surface area contributed by atoms with Gasteiger partial charge in [0.15, 0.2) is 0 Å². The van der Waals surface area contributed by atoms with Gasteiger partial charge in [-0.1, -0.05) is 30.3 Å². The quantitative estimate of drug-likeness (QED) is 0.503. The fourth-order valence-electron chi connectivity index (χ4n) is 4.68. The zero-order valence-corrected chi connectivity index (χ0v) is 19.2. The monoisotopic (exact) mass is 449 g/mol. The van der Waals surface area contributed by atoms with Crippen molar-refractivity contribution >= 4 is 5.97 Å². The molecule has 7 heteroatoms. The number of benzene rings is 1. The maximum Gasteiger partial charge on any atom is 0.329 e. The van der Waals surface area contributed by atoms with Crippen LogP contribution in [0.15, 0.2) is 48.7 Å². The van der Waals surface area contributed by atoms with Crippen molar-refractivity contribution in [1.29, 1.82) is 0 Å². The van der Waals surface area contributed by atoms with Crippen LogP contribution in [0.2, 0.25) is 0 Å². The molecular formula is C26H31N3O4. The summed E-state index contributed by atoms with van der Waals surface area (Å²) in [4.78, 5) is 14.9. The smallest absolute Gasteiger partial charge is 0.329 e. The number of carboxylic acid groups (broad SMARTS) is 1. The van der Waals surface area contributed by atoms with Crippen LogP contribution in [-0.2, 0) is 16.1 Å². The van der Waals surface area contributed by atoms with E-state index in [2.05, 4.69) is 28.7 Å². The maximum atomic E-state index is 10.7. The molecule has 4 rings (SSSR count). The minimum atomic E-state index is -0.908. The molecule has 0 amide bonds. The third kappa shape index (κ3) is 5.60. The van der Waals surface area contributed by atoms with Crippen molar-refractivity contribution in [2.45, 2.75) is 39.2 Å². The molecule has 1 aliphatic carbocycles. The first kappa shape index (κ1) is 23.0. The van der Waals surface area contributed by atoms with Crippen LogP contribution in [0.3, 0.4) is 0 Å². The van der Waals surface area contributed by atoms with Crippen LogP contribution in [0.25, 0.3) is 22.4 Å². The van der Waals surface area contributed by atoms with Crippen LogP contribution in [0.5, 0.6) is 5.88 Å². The van der Waals surface area contributed by atoms with E-state index in [9.17, 15) is 4.79 Å². The van der Waals surface area contributed by atoms with E-state index in [0.717, 1.165) is 60.3 Å². The first-order valence-electron chi connectivity index (χ1n) is 11.5. The van der Waals surface area contributed by atoms with Crippen molar-refractivity contribution in [3.63, 3.8) is 0 Å². The summed E-state index contributed by atoms with van der Waals surface area (Å²) in [5, 5.41) is 13.8. The number of methoxy groups -OCH3 is 1. The Labute approximate surface area is 194 Å². The van der Waals surface area contributed by atoms with Crippen LogP contribution in [0.1, 0.15) is 31.4 Å². The molecule has 1 fully saturated rings. The summed E-state index contributed by atoms with van der Waals surface area (Å²) in [5.41, 5.74) is 5.34. The largest absolute Gasteiger partial charge is 0.481 e. The number of pyridine rings is 1. The Morgan fingerprint density at radius 2 is 1.82 bits per heavy atom. The number of carbonyl (C=O) groups is 1. The number of aromatic nitrogens is 3. The Morgan fingerprint density at radius 3 is 2.52 bits per heavy atom. The predicted molar refractivity (Wildman–Crippen MR) is 126 cm³/mol. The van der Waals surface area contributed by atoms with Gasteiger partial charge in [0, 0.05) is 35.6 Å². The average molecular weight is 450 g/mol. The summed E-state index contributed by atoms with van der Waals surface area (Å²) >= 11 is 0. The molecule has 2 aromatic heterocycles. The number of hydrogen-bond acceptors (Lipinski definition) is 5. The Balaban J connectivity index is 1.54. The molecule has 0 bridgehead atoms. The van der Waals surface area contributed by atoms with E-state index >= 15 is 0 Å². The molecule has 0 aliphatic heterocycles. The van der Waals surface area contributed by atoms with Crippen molar-refractivity contribution in [3.8, 4) is 28.3 Å². The van der Waals surface area contributed by atoms with Gasteiger partial charge in [0.05, 0.1) is 13.7 Å². The van der Waals surface area contributed by atoms with Crippen LogP contribution < -0.4 is 4.74 Å². The van der Waals surface area contributed by atoms with Gasteiger partial charge in [0.25, 0.3) is 0 Å². The summed E-state index contributed by atoms with van der Waals surface area (Å²) < 4.78 is 12.8. The summed E-state index contributed by atoms with van der Waals surface area (Å²) in [6.45, 7) is 3.33. The summed E-state index contributed by atoms with van der Waals surface area (Å²) in [6, 6.07) is 14.2. The molecule has 1 saturated carbocycles. The number of aliphatic carboxylic acids is 1. The van der Waals surface area contributed by atoms with Gasteiger partial charge in [0.1, 0.15) is 12.3 Å². The van der Waals surface area contributed by atoms with E-state index < -0.39 is 5.97 Å². The number of rotatable bonds is 9. The van der Waals surface area contributed by atoms with Gasteiger partial charge in [-0.3, -0.25) is 4.68 Å². The highest BCUT2D eigenvalue weighted by molar-refractivity contribution is 5.82. The van der Waals surface area contributed by atoms with E-state index in [1.165, 1.54) is 0 Å². The summed E-state index contributed by atoms with van der Waals surface area (Å²) in [5.74, 6) is 0.665. The van der Waals surface area contributed by atoms with E-state index in [1.54, 1.807) is 13.3 Å². The highest BCUT2D eigenvalue weighted by atomic mass is 16.5. The fraction of sp³-hybridized carbons (Fsp3) is 0.423. The lowest BCUT2D eigenvalue weighted by atomic mass is 9.82. The second-order valence-electron chi connectivity index (χ2n) is 8.74. The summed E-state index contributed by atoms with van der Waals surface area (Å²) in [7, 11) is 1.63. The molecule has 1 N–H and O–H groups in total. The maximum absolute atomic E-state index is 10.7. The molecule has 0 spiro atoms. The van der Waals surface area contributed by atoms with Gasteiger partial charge in [-0.05, 0) is 56.1 Å². The number of hydrogen-bond donors (Lipinski definition) is 1. The van der Waals surface area contributed by atoms with Crippen molar-refractivity contribution in [2.75, 3.05) is 20.3 Å². The molecule has 0 atom stereocenters. The van der Waals surface area contributed by atoms with Gasteiger partial charge in [0.2, 0.25) is 5.88 Å². The van der Waals surface area contributed by atoms with Crippen LogP contribution >= 0.6 is 0 Å². The SMILES string of the molecule is COc1cc(-c2c(-c3ccccc3)nn(C[C@H]3CC[C@H](COCC(=O)O)CC3)c2C)ccn1. The molecule has 0 unspecified atom stereocenters. The topological polar surface area (TPSA) is 86.5 Å². The molecular weight excluding hydrogens is 418 g/mol. The van der Waals surface area contributed by atoms with Crippen LogP contribution in [0.4, 0.5) is 0 Å². The second kappa shape index (κ2) is 10.6. The van der Waals surface area contributed by atoms with Gasteiger partial charge < -0.3 is 14.6 Å². The molecule has 3 aromatic rings. The first-order chi connectivity index (χ1) is 16.0. The molecule has 1 aromatic carbocycles. The lowest BCUT2D eigenvalue weighted by molar-refractivity contribution is -0.142. The zero-order valence-electron chi connectivity index (χ0n) is 19.2. The van der Waals surface area contributed by atoms with Crippen LogP contribution in [0, 0.1) is 18.8 Å². The first-order valence-corrected chi connectivity index (χ1v) is 11.5. The normalized spacial score (nSPS) is 18.2. The number of ether oxygens (including phenoxy) is 2. The van der Waals surface area contributed by atoms with Gasteiger partial charge in [-0.15, -0.1) is 0 Å². The third-order valence-electron chi connectivity index (χ3n) is 6.46. The molecule has 174 valence electrons. The predicted octanol–water partition coefficient (Wildman–Crippen LogP) is 4.84. The van der Waals surface area contributed by atoms with Crippen molar-refractivity contribution in [3.05, 3.63) is 54.4 Å². The van der Waals surface area contributed by atoms with Crippen molar-refractivity contribution in [1.82, 2.24) is 14.8 Å². The van der Waals surface area contributed by atoms with Crippen molar-refractivity contribution < 1.29 is 19.4 Å². The Bertz CT molecular complexity index is 1070. The molecule has 7 nitrogen and oxygen atoms in total. The standard InChI is InChI=1S/C26H31N3O4/c1-18-25(22-12-13-27-23(14-22)32-2)26(21-6-4-3-5-7-21)28-29(18)15-19-8-10-20(11-9-19)16-33-17-24(30)31/h3-7,12-14,19-20H,8-11,15-17H2,1-2H3,(H,30,31)/t19-,20-. The lowest BCUT2D eigenvalue weighted by Gasteiger charge is -2.28. The van der Waals surface area contributed by atoms with E-state index in [1.807, 2.05) is 30.3 Å². The molecule has 1 aliphatic rings. The second-order valence-corrected chi connectivity index (χ2v) is 8.74. The van der Waals surface area contributed by atoms with E-state index in [-0.39, 0.29) is 6.61 Å². The lowest BCUT2D eigenvalue weighted by Crippen LogP contribution is -2.23. The molecule has 33 heavy (non-hydrogen) atoms. The molecule has 0 saturated heterocycles. The molecule has 0 radical (unpaired) electrons. The highest BCUT2D eigenvalue weighted by Crippen LogP contribution is 2.37. The Hall–Kier alpha value is -3.19. The van der Waals surface area contributed by atoms with Gasteiger partial charge in [-0.2, -0.15) is 5.10 Å². The Kier molecular flexibility index (Phi) is 7.40. The third-order valence-corrected chi connectivity index (χ3v) is 6.46. The van der Waals surface area contributed by atoms with Crippen LogP contribution in [-0.4, -0.2) is 46.2 Å². The molecule has 2 heterocycles. The van der Waals surface area contributed by atoms with E-state index in [4.69, 9.17) is 19.7 Å².